The first-order valence-electron chi connectivity index (χ1n) is 7.10. The second-order valence-corrected chi connectivity index (χ2v) is 8.04. The smallest absolute Gasteiger partial charge is 0.150 e. The highest BCUT2D eigenvalue weighted by Crippen LogP contribution is 2.31. The predicted molar refractivity (Wildman–Crippen MR) is 78.5 cm³/mol. The lowest BCUT2D eigenvalue weighted by atomic mass is 9.97. The summed E-state index contributed by atoms with van der Waals surface area (Å²) in [5.74, 6) is -0.0125. The van der Waals surface area contributed by atoms with Crippen molar-refractivity contribution in [3.05, 3.63) is 29.6 Å². The second-order valence-electron chi connectivity index (χ2n) is 5.72. The third-order valence-electron chi connectivity index (χ3n) is 3.90. The largest absolute Gasteiger partial charge is 0.490 e. The maximum Gasteiger partial charge on any atom is 0.150 e. The fourth-order valence-corrected chi connectivity index (χ4v) is 3.89. The summed E-state index contributed by atoms with van der Waals surface area (Å²) < 4.78 is 42.4. The van der Waals surface area contributed by atoms with Crippen LogP contribution in [-0.2, 0) is 9.84 Å². The summed E-state index contributed by atoms with van der Waals surface area (Å²) in [4.78, 5) is 0. The minimum Gasteiger partial charge on any atom is -0.490 e. The first-order chi connectivity index (χ1) is 9.77. The molecule has 3 atom stereocenters. The Labute approximate surface area is 124 Å². The van der Waals surface area contributed by atoms with E-state index in [0.29, 0.717) is 24.2 Å². The Bertz CT molecular complexity index is 598. The SMILES string of the molecule is C[C@H](O)c1cc(F)ccc1OC1CCCC(S(C)(=O)=O)C1. The molecule has 21 heavy (non-hydrogen) atoms. The quantitative estimate of drug-likeness (QED) is 0.927. The first-order valence-corrected chi connectivity index (χ1v) is 9.06. The van der Waals surface area contributed by atoms with Gasteiger partial charge in [0, 0.05) is 18.2 Å². The van der Waals surface area contributed by atoms with E-state index < -0.39 is 21.8 Å². The van der Waals surface area contributed by atoms with Gasteiger partial charge in [0.2, 0.25) is 0 Å². The number of benzene rings is 1. The van der Waals surface area contributed by atoms with E-state index in [0.717, 1.165) is 12.8 Å². The molecule has 1 saturated carbocycles. The van der Waals surface area contributed by atoms with Crippen molar-refractivity contribution in [3.63, 3.8) is 0 Å². The van der Waals surface area contributed by atoms with Crippen molar-refractivity contribution in [1.82, 2.24) is 0 Å². The lowest BCUT2D eigenvalue weighted by Gasteiger charge is -2.29. The van der Waals surface area contributed by atoms with Crippen molar-refractivity contribution < 1.29 is 22.7 Å². The average molecular weight is 316 g/mol. The van der Waals surface area contributed by atoms with Gasteiger partial charge in [0.05, 0.1) is 17.5 Å². The molecule has 0 bridgehead atoms. The maximum absolute atomic E-state index is 13.3. The molecule has 1 aliphatic carbocycles. The molecule has 0 radical (unpaired) electrons. The Hall–Kier alpha value is -1.14. The molecule has 1 aromatic carbocycles. The summed E-state index contributed by atoms with van der Waals surface area (Å²) in [6, 6.07) is 4.01. The third-order valence-corrected chi connectivity index (χ3v) is 5.54. The van der Waals surface area contributed by atoms with Gasteiger partial charge in [-0.25, -0.2) is 12.8 Å². The number of rotatable bonds is 4. The van der Waals surface area contributed by atoms with Crippen molar-refractivity contribution in [1.29, 1.82) is 0 Å². The van der Waals surface area contributed by atoms with Crippen LogP contribution in [-0.4, -0.2) is 31.1 Å². The zero-order chi connectivity index (χ0) is 15.6. The Morgan fingerprint density at radius 1 is 1.38 bits per heavy atom. The van der Waals surface area contributed by atoms with Crippen LogP contribution in [0.25, 0.3) is 0 Å². The van der Waals surface area contributed by atoms with Crippen LogP contribution in [0.4, 0.5) is 4.39 Å². The Kier molecular flexibility index (Phi) is 4.88. The fourth-order valence-electron chi connectivity index (χ4n) is 2.73. The van der Waals surface area contributed by atoms with Gasteiger partial charge in [-0.15, -0.1) is 0 Å². The van der Waals surface area contributed by atoms with E-state index in [4.69, 9.17) is 4.74 Å². The predicted octanol–water partition coefficient (Wildman–Crippen LogP) is 2.61. The number of aliphatic hydroxyl groups is 1. The Balaban J connectivity index is 2.15. The Morgan fingerprint density at radius 2 is 2.10 bits per heavy atom. The van der Waals surface area contributed by atoms with E-state index in [1.165, 1.54) is 24.5 Å². The van der Waals surface area contributed by atoms with E-state index in [1.54, 1.807) is 6.92 Å². The molecule has 6 heteroatoms. The van der Waals surface area contributed by atoms with Crippen LogP contribution in [0.15, 0.2) is 18.2 Å². The molecule has 118 valence electrons. The summed E-state index contributed by atoms with van der Waals surface area (Å²) in [6.07, 6.45) is 2.84. The molecule has 2 unspecified atom stereocenters. The summed E-state index contributed by atoms with van der Waals surface area (Å²) in [5, 5.41) is 9.31. The van der Waals surface area contributed by atoms with Crippen LogP contribution in [0.2, 0.25) is 0 Å². The van der Waals surface area contributed by atoms with E-state index in [2.05, 4.69) is 0 Å². The zero-order valence-corrected chi connectivity index (χ0v) is 13.1. The first kappa shape index (κ1) is 16.2. The molecule has 0 aromatic heterocycles. The molecule has 1 aromatic rings. The molecular weight excluding hydrogens is 295 g/mol. The van der Waals surface area contributed by atoms with Crippen molar-refractivity contribution >= 4 is 9.84 Å². The van der Waals surface area contributed by atoms with Crippen LogP contribution >= 0.6 is 0 Å². The highest BCUT2D eigenvalue weighted by molar-refractivity contribution is 7.91. The van der Waals surface area contributed by atoms with Gasteiger partial charge in [0.15, 0.2) is 0 Å². The van der Waals surface area contributed by atoms with Gasteiger partial charge in [-0.2, -0.15) is 0 Å². The highest BCUT2D eigenvalue weighted by atomic mass is 32.2. The lowest BCUT2D eigenvalue weighted by Crippen LogP contribution is -2.33. The van der Waals surface area contributed by atoms with Gasteiger partial charge in [0.1, 0.15) is 21.4 Å². The molecule has 0 heterocycles. The second kappa shape index (κ2) is 6.32. The number of sulfone groups is 1. The van der Waals surface area contributed by atoms with Crippen LogP contribution in [0.1, 0.15) is 44.3 Å². The summed E-state index contributed by atoms with van der Waals surface area (Å²) in [5.41, 5.74) is 0.386. The monoisotopic (exact) mass is 316 g/mol. The summed E-state index contributed by atoms with van der Waals surface area (Å²) in [7, 11) is -3.07. The molecule has 4 nitrogen and oxygen atoms in total. The molecule has 1 fully saturated rings. The van der Waals surface area contributed by atoms with E-state index >= 15 is 0 Å². The van der Waals surface area contributed by atoms with E-state index in [9.17, 15) is 17.9 Å². The number of aliphatic hydroxyl groups excluding tert-OH is 1. The van der Waals surface area contributed by atoms with Gasteiger partial charge < -0.3 is 9.84 Å². The number of ether oxygens (including phenoxy) is 1. The summed E-state index contributed by atoms with van der Waals surface area (Å²) >= 11 is 0. The average Bonchev–Trinajstić information content (AvgIpc) is 2.40. The van der Waals surface area contributed by atoms with Crippen molar-refractivity contribution in [3.8, 4) is 5.75 Å². The zero-order valence-electron chi connectivity index (χ0n) is 12.3. The van der Waals surface area contributed by atoms with Crippen LogP contribution in [0.5, 0.6) is 5.75 Å². The molecule has 1 N–H and O–H groups in total. The topological polar surface area (TPSA) is 63.6 Å². The Morgan fingerprint density at radius 3 is 2.71 bits per heavy atom. The molecular formula is C15H21FO4S. The van der Waals surface area contributed by atoms with Crippen LogP contribution in [0, 0.1) is 5.82 Å². The molecule has 0 aliphatic heterocycles. The number of halogens is 1. The van der Waals surface area contributed by atoms with Gasteiger partial charge in [-0.1, -0.05) is 0 Å². The normalized spacial score (nSPS) is 24.6. The van der Waals surface area contributed by atoms with Crippen molar-refractivity contribution in [2.75, 3.05) is 6.26 Å². The third kappa shape index (κ3) is 4.17. The van der Waals surface area contributed by atoms with Gasteiger partial charge >= 0.3 is 0 Å². The van der Waals surface area contributed by atoms with Crippen LogP contribution < -0.4 is 4.74 Å². The molecule has 0 amide bonds. The van der Waals surface area contributed by atoms with Crippen LogP contribution in [0.3, 0.4) is 0 Å². The molecule has 1 aliphatic rings. The fraction of sp³-hybridized carbons (Fsp3) is 0.600. The molecule has 2 rings (SSSR count). The van der Waals surface area contributed by atoms with Crippen molar-refractivity contribution in [2.45, 2.75) is 50.1 Å². The minimum atomic E-state index is -3.07. The summed E-state index contributed by atoms with van der Waals surface area (Å²) in [6.45, 7) is 1.54. The van der Waals surface area contributed by atoms with Gasteiger partial charge in [-0.05, 0) is 44.4 Å². The van der Waals surface area contributed by atoms with E-state index in [1.807, 2.05) is 0 Å². The number of hydrogen-bond donors (Lipinski definition) is 1. The van der Waals surface area contributed by atoms with Gasteiger partial charge in [0.25, 0.3) is 0 Å². The maximum atomic E-state index is 13.3. The van der Waals surface area contributed by atoms with Crippen molar-refractivity contribution in [2.24, 2.45) is 0 Å². The number of hydrogen-bond acceptors (Lipinski definition) is 4. The molecule has 0 saturated heterocycles. The van der Waals surface area contributed by atoms with E-state index in [-0.39, 0.29) is 11.4 Å². The lowest BCUT2D eigenvalue weighted by molar-refractivity contribution is 0.143. The molecule has 0 spiro atoms. The standard InChI is InChI=1S/C15H21FO4S/c1-10(17)14-8-11(16)6-7-15(14)20-12-4-3-5-13(9-12)21(2,18)19/h6-8,10,12-13,17H,3-5,9H2,1-2H3/t10-,12?,13?/m0/s1. The van der Waals surface area contributed by atoms with Gasteiger partial charge in [-0.3, -0.25) is 0 Å². The highest BCUT2D eigenvalue weighted by Gasteiger charge is 2.30. The minimum absolute atomic E-state index is 0.221.